The van der Waals surface area contributed by atoms with Crippen LogP contribution in [0.5, 0.6) is 0 Å². The monoisotopic (exact) mass is 761 g/mol. The Morgan fingerprint density at radius 2 is 1.23 bits per heavy atom. The van der Waals surface area contributed by atoms with Gasteiger partial charge in [0, 0.05) is 37.5 Å². The number of hydrogen-bond donors (Lipinski definition) is 4. The van der Waals surface area contributed by atoms with Crippen LogP contribution in [0.1, 0.15) is 12.8 Å². The molecule has 0 aliphatic rings. The summed E-state index contributed by atoms with van der Waals surface area (Å²) in [6.07, 6.45) is 1.86. The molecular formula is C32H55N7O14. The van der Waals surface area contributed by atoms with E-state index in [1.54, 1.807) is 0 Å². The summed E-state index contributed by atoms with van der Waals surface area (Å²) in [6.45, 7) is 10.8. The Morgan fingerprint density at radius 3 is 1.77 bits per heavy atom. The number of aliphatic carboxylic acids is 1. The molecule has 0 saturated heterocycles. The molecule has 0 unspecified atom stereocenters. The van der Waals surface area contributed by atoms with E-state index in [0.717, 1.165) is 0 Å². The van der Waals surface area contributed by atoms with Crippen LogP contribution in [-0.4, -0.2) is 178 Å². The van der Waals surface area contributed by atoms with Crippen molar-refractivity contribution in [1.29, 1.82) is 0 Å². The Hall–Kier alpha value is -4.34. The molecular weight excluding hydrogens is 706 g/mol. The van der Waals surface area contributed by atoms with Gasteiger partial charge in [0.25, 0.3) is 0 Å². The maximum absolute atomic E-state index is 12.3. The first-order valence-corrected chi connectivity index (χ1v) is 17.0. The molecule has 0 aromatic carbocycles. The number of carbonyl (C=O) groups is 5. The minimum atomic E-state index is -1.08. The molecule has 0 aromatic rings. The van der Waals surface area contributed by atoms with E-state index >= 15 is 0 Å². The molecule has 0 aliphatic carbocycles. The second-order valence-corrected chi connectivity index (χ2v) is 10.5. The lowest BCUT2D eigenvalue weighted by Gasteiger charge is -2.19. The van der Waals surface area contributed by atoms with Crippen molar-refractivity contribution in [3.63, 3.8) is 0 Å². The van der Waals surface area contributed by atoms with Gasteiger partial charge < -0.3 is 59.0 Å². The number of carboxylic acids is 1. The predicted molar refractivity (Wildman–Crippen MR) is 188 cm³/mol. The predicted octanol–water partition coefficient (Wildman–Crippen LogP) is -0.194. The van der Waals surface area contributed by atoms with Crippen LogP contribution in [0.2, 0.25) is 0 Å². The molecule has 0 spiro atoms. The molecule has 0 radical (unpaired) electrons. The fourth-order valence-electron chi connectivity index (χ4n) is 3.79. The molecule has 1 atom stereocenters. The van der Waals surface area contributed by atoms with Gasteiger partial charge in [0.2, 0.25) is 11.8 Å². The number of amides is 3. The Kier molecular flexibility index (Phi) is 33.1. The lowest BCUT2D eigenvalue weighted by molar-refractivity contribution is -0.145. The highest BCUT2D eigenvalue weighted by molar-refractivity contribution is 5.83. The highest BCUT2D eigenvalue weighted by Crippen LogP contribution is 2.02. The standard InChI is InChI=1S/C32H55N7O14/c1-3-11-52-31(44)27(37-32(45)53-12-4-2)5-6-28(40)34-7-13-46-17-21-50-22-18-47-14-8-35-29(41)25-39(26-30(42)43)10-16-49-20-24-51-23-19-48-15-9-36-38-33/h3-4,27H,1-2,5-26H2,(H,34,40)(H,35,41)(H,37,45)(H,42,43)/t27-/m0/s1. The van der Waals surface area contributed by atoms with E-state index < -0.39 is 24.1 Å². The normalized spacial score (nSPS) is 11.2. The van der Waals surface area contributed by atoms with Crippen LogP contribution < -0.4 is 16.0 Å². The Morgan fingerprint density at radius 1 is 0.717 bits per heavy atom. The number of carbonyl (C=O) groups excluding carboxylic acids is 4. The van der Waals surface area contributed by atoms with Crippen molar-refractivity contribution in [2.75, 3.05) is 132 Å². The van der Waals surface area contributed by atoms with Crippen LogP contribution >= 0.6 is 0 Å². The van der Waals surface area contributed by atoms with Crippen LogP contribution in [0, 0.1) is 0 Å². The zero-order chi connectivity index (χ0) is 39.2. The van der Waals surface area contributed by atoms with E-state index in [4.69, 9.17) is 48.5 Å². The summed E-state index contributed by atoms with van der Waals surface area (Å²) >= 11 is 0. The van der Waals surface area contributed by atoms with E-state index in [0.29, 0.717) is 46.2 Å². The average Bonchev–Trinajstić information content (AvgIpc) is 3.13. The molecule has 53 heavy (non-hydrogen) atoms. The lowest BCUT2D eigenvalue weighted by Crippen LogP contribution is -2.43. The highest BCUT2D eigenvalue weighted by atomic mass is 16.6. The third-order valence-electron chi connectivity index (χ3n) is 6.21. The lowest BCUT2D eigenvalue weighted by atomic mass is 10.1. The number of nitrogens with zero attached hydrogens (tertiary/aromatic N) is 4. The van der Waals surface area contributed by atoms with Crippen molar-refractivity contribution < 1.29 is 67.0 Å². The van der Waals surface area contributed by atoms with Gasteiger partial charge in [-0.05, 0) is 12.0 Å². The van der Waals surface area contributed by atoms with E-state index in [-0.39, 0.29) is 110 Å². The van der Waals surface area contributed by atoms with E-state index in [9.17, 15) is 24.0 Å². The van der Waals surface area contributed by atoms with Gasteiger partial charge in [-0.3, -0.25) is 19.3 Å². The summed E-state index contributed by atoms with van der Waals surface area (Å²) in [5.74, 6) is -2.48. The van der Waals surface area contributed by atoms with Crippen molar-refractivity contribution in [2.24, 2.45) is 5.11 Å². The molecule has 21 nitrogen and oxygen atoms in total. The number of esters is 1. The SMILES string of the molecule is C=CCOC(=O)N[C@@H](CCC(=O)NCCOCCOCCOCCNC(=O)CN(CCOCCOCCOCCN=[N+]=[N-])CC(=O)O)C(=O)OCC=C. The maximum atomic E-state index is 12.3. The second kappa shape index (κ2) is 36.0. The van der Waals surface area contributed by atoms with Gasteiger partial charge in [0.15, 0.2) is 0 Å². The molecule has 3 amide bonds. The number of carboxylic acid groups (broad SMARTS) is 1. The second-order valence-electron chi connectivity index (χ2n) is 10.5. The smallest absolute Gasteiger partial charge is 0.408 e. The van der Waals surface area contributed by atoms with Gasteiger partial charge in [0.05, 0.1) is 92.4 Å². The third kappa shape index (κ3) is 33.3. The number of nitrogens with one attached hydrogen (secondary N) is 3. The van der Waals surface area contributed by atoms with Crippen LogP contribution in [-0.2, 0) is 57.1 Å². The number of azide groups is 1. The van der Waals surface area contributed by atoms with Crippen molar-refractivity contribution in [1.82, 2.24) is 20.9 Å². The topological polar surface area (TPSA) is 268 Å². The first kappa shape index (κ1) is 48.7. The summed E-state index contributed by atoms with van der Waals surface area (Å²) in [7, 11) is 0. The van der Waals surface area contributed by atoms with Gasteiger partial charge in [0.1, 0.15) is 19.3 Å². The number of rotatable bonds is 37. The molecule has 0 saturated carbocycles. The number of alkyl carbamates (subject to hydrolysis) is 1. The molecule has 0 bridgehead atoms. The van der Waals surface area contributed by atoms with E-state index in [2.05, 4.69) is 39.1 Å². The van der Waals surface area contributed by atoms with E-state index in [1.807, 2.05) is 0 Å². The molecule has 0 fully saturated rings. The number of hydrogen-bond acceptors (Lipinski definition) is 15. The molecule has 0 aliphatic heterocycles. The largest absolute Gasteiger partial charge is 0.480 e. The van der Waals surface area contributed by atoms with Crippen LogP contribution in [0.3, 0.4) is 0 Å². The van der Waals surface area contributed by atoms with Crippen molar-refractivity contribution in [2.45, 2.75) is 18.9 Å². The minimum Gasteiger partial charge on any atom is -0.480 e. The van der Waals surface area contributed by atoms with Gasteiger partial charge >= 0.3 is 18.0 Å². The summed E-state index contributed by atoms with van der Waals surface area (Å²) in [6, 6.07) is -1.08. The zero-order valence-electron chi connectivity index (χ0n) is 30.2. The molecule has 0 rings (SSSR count). The fourth-order valence-corrected chi connectivity index (χ4v) is 3.79. The molecule has 4 N–H and O–H groups in total. The molecule has 0 aromatic heterocycles. The minimum absolute atomic E-state index is 0.00362. The average molecular weight is 762 g/mol. The van der Waals surface area contributed by atoms with Crippen molar-refractivity contribution in [3.8, 4) is 0 Å². The van der Waals surface area contributed by atoms with Crippen molar-refractivity contribution >= 4 is 29.8 Å². The Bertz CT molecular complexity index is 1090. The van der Waals surface area contributed by atoms with Crippen LogP contribution in [0.25, 0.3) is 10.4 Å². The maximum Gasteiger partial charge on any atom is 0.408 e. The van der Waals surface area contributed by atoms with Crippen molar-refractivity contribution in [3.05, 3.63) is 35.8 Å². The quantitative estimate of drug-likeness (QED) is 0.0160. The first-order valence-electron chi connectivity index (χ1n) is 17.0. The van der Waals surface area contributed by atoms with Crippen LogP contribution in [0.4, 0.5) is 4.79 Å². The third-order valence-corrected chi connectivity index (χ3v) is 6.21. The summed E-state index contributed by atoms with van der Waals surface area (Å²) in [4.78, 5) is 63.7. The summed E-state index contributed by atoms with van der Waals surface area (Å²) in [5.41, 5.74) is 8.17. The fraction of sp³-hybridized carbons (Fsp3) is 0.719. The first-order chi connectivity index (χ1) is 25.7. The Balaban J connectivity index is 3.88. The summed E-state index contributed by atoms with van der Waals surface area (Å²) in [5, 5.41) is 20.2. The zero-order valence-corrected chi connectivity index (χ0v) is 30.2. The van der Waals surface area contributed by atoms with Gasteiger partial charge in [-0.2, -0.15) is 0 Å². The van der Waals surface area contributed by atoms with Gasteiger partial charge in [-0.1, -0.05) is 30.4 Å². The molecule has 21 heteroatoms. The molecule has 302 valence electrons. The summed E-state index contributed by atoms with van der Waals surface area (Å²) < 4.78 is 42.0. The number of ether oxygens (including phenoxy) is 8. The van der Waals surface area contributed by atoms with Crippen LogP contribution in [0.15, 0.2) is 30.4 Å². The van der Waals surface area contributed by atoms with Gasteiger partial charge in [-0.15, -0.1) is 0 Å². The molecule has 0 heterocycles. The van der Waals surface area contributed by atoms with E-state index in [1.165, 1.54) is 17.1 Å². The van der Waals surface area contributed by atoms with Gasteiger partial charge in [-0.25, -0.2) is 9.59 Å². The highest BCUT2D eigenvalue weighted by Gasteiger charge is 2.23. The Labute approximate surface area is 309 Å².